The molecule has 2 heterocycles. The van der Waals surface area contributed by atoms with E-state index in [4.69, 9.17) is 11.6 Å². The van der Waals surface area contributed by atoms with Crippen LogP contribution in [0.2, 0.25) is 5.02 Å². The van der Waals surface area contributed by atoms with Crippen LogP contribution in [0.1, 0.15) is 29.4 Å². The molecule has 3 rings (SSSR count). The number of hydrogen-bond acceptors (Lipinski definition) is 3. The van der Waals surface area contributed by atoms with Crippen molar-refractivity contribution in [2.75, 3.05) is 6.54 Å². The molecule has 0 atom stereocenters. The Hall–Kier alpha value is -1.52. The molecule has 0 saturated heterocycles. The summed E-state index contributed by atoms with van der Waals surface area (Å²) in [6.45, 7) is 4.74. The number of rotatable bonds is 3. The molecule has 0 aliphatic carbocycles. The van der Waals surface area contributed by atoms with E-state index in [0.29, 0.717) is 5.02 Å². The molecule has 0 fully saturated rings. The minimum Gasteiger partial charge on any atom is -0.506 e. The molecule has 1 aromatic carbocycles. The first-order valence-corrected chi connectivity index (χ1v) is 7.30. The third-order valence-corrected chi connectivity index (χ3v) is 4.32. The second kappa shape index (κ2) is 5.46. The van der Waals surface area contributed by atoms with Crippen LogP contribution in [0, 0.1) is 0 Å². The zero-order chi connectivity index (χ0) is 14.1. The first kappa shape index (κ1) is 13.5. The number of benzene rings is 1. The van der Waals surface area contributed by atoms with Crippen molar-refractivity contribution < 1.29 is 5.11 Å². The Kier molecular flexibility index (Phi) is 3.68. The van der Waals surface area contributed by atoms with Crippen LogP contribution in [0.5, 0.6) is 5.75 Å². The quantitative estimate of drug-likeness (QED) is 0.914. The van der Waals surface area contributed by atoms with Gasteiger partial charge in [-0.1, -0.05) is 30.7 Å². The standard InChI is InChI=1S/C15H18ClN3O/c1-2-12-11-9-19(7-6-13(11)18-17-12)8-10-4-3-5-14(20)15(10)16/h3-5,20H,2,6-9H2,1H3,(H,17,18). The number of H-pyrrole nitrogens is 1. The maximum absolute atomic E-state index is 9.67. The van der Waals surface area contributed by atoms with Crippen LogP contribution in [0.3, 0.4) is 0 Å². The lowest BCUT2D eigenvalue weighted by Crippen LogP contribution is -2.30. The van der Waals surface area contributed by atoms with Crippen LogP contribution in [0.25, 0.3) is 0 Å². The van der Waals surface area contributed by atoms with Crippen molar-refractivity contribution in [3.8, 4) is 5.75 Å². The molecule has 4 nitrogen and oxygen atoms in total. The predicted octanol–water partition coefficient (Wildman–Crippen LogP) is 2.89. The molecule has 0 amide bonds. The number of aromatic amines is 1. The number of nitrogens with one attached hydrogen (secondary N) is 1. The van der Waals surface area contributed by atoms with Gasteiger partial charge in [0.25, 0.3) is 0 Å². The largest absolute Gasteiger partial charge is 0.506 e. The molecule has 5 heteroatoms. The monoisotopic (exact) mass is 291 g/mol. The molecular weight excluding hydrogens is 274 g/mol. The molecule has 0 radical (unpaired) electrons. The molecule has 0 saturated carbocycles. The van der Waals surface area contributed by atoms with E-state index in [1.165, 1.54) is 11.3 Å². The molecule has 2 aromatic rings. The van der Waals surface area contributed by atoms with Gasteiger partial charge in [-0.05, 0) is 18.1 Å². The van der Waals surface area contributed by atoms with Gasteiger partial charge in [-0.2, -0.15) is 5.10 Å². The summed E-state index contributed by atoms with van der Waals surface area (Å²) in [5.41, 5.74) is 4.72. The molecule has 0 spiro atoms. The van der Waals surface area contributed by atoms with E-state index in [2.05, 4.69) is 22.0 Å². The minimum absolute atomic E-state index is 0.152. The van der Waals surface area contributed by atoms with E-state index in [1.807, 2.05) is 12.1 Å². The fourth-order valence-electron chi connectivity index (χ4n) is 2.77. The number of phenols is 1. The van der Waals surface area contributed by atoms with Gasteiger partial charge in [0.2, 0.25) is 0 Å². The number of aromatic nitrogens is 2. The molecule has 0 bridgehead atoms. The molecule has 1 aromatic heterocycles. The van der Waals surface area contributed by atoms with Gasteiger partial charge in [0, 0.05) is 37.3 Å². The molecule has 106 valence electrons. The number of halogens is 1. The molecule has 20 heavy (non-hydrogen) atoms. The predicted molar refractivity (Wildman–Crippen MR) is 78.9 cm³/mol. The maximum atomic E-state index is 9.67. The Bertz CT molecular complexity index is 610. The maximum Gasteiger partial charge on any atom is 0.134 e. The van der Waals surface area contributed by atoms with Gasteiger partial charge in [-0.3, -0.25) is 10.00 Å². The van der Waals surface area contributed by atoms with E-state index >= 15 is 0 Å². The summed E-state index contributed by atoms with van der Waals surface area (Å²) in [6.07, 6.45) is 1.94. The third-order valence-electron chi connectivity index (χ3n) is 3.89. The Labute approximate surface area is 123 Å². The Morgan fingerprint density at radius 1 is 1.45 bits per heavy atom. The number of nitrogens with zero attached hydrogens (tertiary/aromatic N) is 2. The lowest BCUT2D eigenvalue weighted by Gasteiger charge is -2.27. The van der Waals surface area contributed by atoms with Crippen molar-refractivity contribution in [1.82, 2.24) is 15.1 Å². The third kappa shape index (κ3) is 2.41. The van der Waals surface area contributed by atoms with E-state index < -0.39 is 0 Å². The molecule has 1 aliphatic heterocycles. The minimum atomic E-state index is 0.152. The Morgan fingerprint density at radius 2 is 2.30 bits per heavy atom. The van der Waals surface area contributed by atoms with E-state index in [-0.39, 0.29) is 5.75 Å². The highest BCUT2D eigenvalue weighted by molar-refractivity contribution is 6.32. The molecule has 1 aliphatic rings. The van der Waals surface area contributed by atoms with E-state index in [9.17, 15) is 5.11 Å². The summed E-state index contributed by atoms with van der Waals surface area (Å²) in [5, 5.41) is 17.6. The highest BCUT2D eigenvalue weighted by Gasteiger charge is 2.22. The zero-order valence-corrected chi connectivity index (χ0v) is 12.2. The van der Waals surface area contributed by atoms with Gasteiger partial charge in [-0.15, -0.1) is 0 Å². The van der Waals surface area contributed by atoms with Crippen molar-refractivity contribution in [3.05, 3.63) is 45.7 Å². The van der Waals surface area contributed by atoms with Gasteiger partial charge < -0.3 is 5.11 Å². The zero-order valence-electron chi connectivity index (χ0n) is 11.5. The van der Waals surface area contributed by atoms with E-state index in [0.717, 1.165) is 43.7 Å². The summed E-state index contributed by atoms with van der Waals surface area (Å²) in [7, 11) is 0. The lowest BCUT2D eigenvalue weighted by molar-refractivity contribution is 0.244. The summed E-state index contributed by atoms with van der Waals surface area (Å²) in [5.74, 6) is 0.152. The number of phenolic OH excluding ortho intramolecular Hbond substituents is 1. The van der Waals surface area contributed by atoms with Gasteiger partial charge in [0.05, 0.1) is 10.7 Å². The lowest BCUT2D eigenvalue weighted by atomic mass is 10.0. The van der Waals surface area contributed by atoms with Crippen molar-refractivity contribution >= 4 is 11.6 Å². The van der Waals surface area contributed by atoms with Gasteiger partial charge >= 0.3 is 0 Å². The van der Waals surface area contributed by atoms with Gasteiger partial charge in [-0.25, -0.2) is 0 Å². The summed E-state index contributed by atoms with van der Waals surface area (Å²) >= 11 is 6.15. The highest BCUT2D eigenvalue weighted by Crippen LogP contribution is 2.29. The number of aryl methyl sites for hydroxylation is 1. The Balaban J connectivity index is 1.79. The number of fused-ring (bicyclic) bond motifs is 1. The normalized spacial score (nSPS) is 15.3. The summed E-state index contributed by atoms with van der Waals surface area (Å²) < 4.78 is 0. The topological polar surface area (TPSA) is 52.2 Å². The van der Waals surface area contributed by atoms with Crippen LogP contribution in [-0.4, -0.2) is 26.7 Å². The van der Waals surface area contributed by atoms with Crippen molar-refractivity contribution in [3.63, 3.8) is 0 Å². The molecule has 0 unspecified atom stereocenters. The van der Waals surface area contributed by atoms with Crippen LogP contribution in [0.15, 0.2) is 18.2 Å². The van der Waals surface area contributed by atoms with Crippen LogP contribution < -0.4 is 0 Å². The second-order valence-electron chi connectivity index (χ2n) is 5.19. The first-order valence-electron chi connectivity index (χ1n) is 6.92. The van der Waals surface area contributed by atoms with Gasteiger partial charge in [0.1, 0.15) is 5.75 Å². The van der Waals surface area contributed by atoms with Crippen molar-refractivity contribution in [2.24, 2.45) is 0 Å². The number of hydrogen-bond donors (Lipinski definition) is 2. The van der Waals surface area contributed by atoms with Crippen LogP contribution >= 0.6 is 11.6 Å². The second-order valence-corrected chi connectivity index (χ2v) is 5.57. The number of aromatic hydroxyl groups is 1. The van der Waals surface area contributed by atoms with E-state index in [1.54, 1.807) is 6.07 Å². The average molecular weight is 292 g/mol. The molecular formula is C15H18ClN3O. The average Bonchev–Trinajstić information content (AvgIpc) is 2.86. The first-order chi connectivity index (χ1) is 9.69. The van der Waals surface area contributed by atoms with Crippen molar-refractivity contribution in [2.45, 2.75) is 32.9 Å². The highest BCUT2D eigenvalue weighted by atomic mass is 35.5. The summed E-state index contributed by atoms with van der Waals surface area (Å²) in [6, 6.07) is 5.42. The van der Waals surface area contributed by atoms with Crippen LogP contribution in [0.4, 0.5) is 0 Å². The Morgan fingerprint density at radius 3 is 3.10 bits per heavy atom. The van der Waals surface area contributed by atoms with Crippen LogP contribution in [-0.2, 0) is 25.9 Å². The fraction of sp³-hybridized carbons (Fsp3) is 0.400. The smallest absolute Gasteiger partial charge is 0.134 e. The van der Waals surface area contributed by atoms with Crippen molar-refractivity contribution in [1.29, 1.82) is 0 Å². The molecule has 2 N–H and O–H groups in total. The summed E-state index contributed by atoms with van der Waals surface area (Å²) in [4.78, 5) is 2.34. The fourth-order valence-corrected chi connectivity index (χ4v) is 2.95. The van der Waals surface area contributed by atoms with Gasteiger partial charge in [0.15, 0.2) is 0 Å². The SMILES string of the molecule is CCc1n[nH]c2c1CN(Cc1cccc(O)c1Cl)CC2.